The number of aliphatic hydroxyl groups is 2. The van der Waals surface area contributed by atoms with Gasteiger partial charge < -0.3 is 24.4 Å². The van der Waals surface area contributed by atoms with Crippen molar-refractivity contribution in [1.29, 1.82) is 0 Å². The van der Waals surface area contributed by atoms with Crippen molar-refractivity contribution in [2.75, 3.05) is 31.6 Å². The summed E-state index contributed by atoms with van der Waals surface area (Å²) in [6.07, 6.45) is 2.76. The fraction of sp³-hybridized carbons (Fsp3) is 0.444. The highest BCUT2D eigenvalue weighted by Gasteiger charge is 2.35. The van der Waals surface area contributed by atoms with E-state index in [9.17, 15) is 15.0 Å². The molecule has 2 saturated heterocycles. The highest BCUT2D eigenvalue weighted by Crippen LogP contribution is 2.39. The fourth-order valence-corrected chi connectivity index (χ4v) is 4.69. The van der Waals surface area contributed by atoms with Gasteiger partial charge in [-0.15, -0.1) is 0 Å². The van der Waals surface area contributed by atoms with E-state index in [-0.39, 0.29) is 38.1 Å². The first-order valence-electron chi connectivity index (χ1n) is 12.1. The second-order valence-corrected chi connectivity index (χ2v) is 8.96. The number of likely N-dealkylation sites (tertiary alicyclic amines) is 1. The van der Waals surface area contributed by atoms with Gasteiger partial charge in [-0.25, -0.2) is 4.79 Å². The molecule has 4 atom stereocenters. The molecule has 2 aromatic carbocycles. The Labute approximate surface area is 206 Å². The van der Waals surface area contributed by atoms with E-state index >= 15 is 0 Å². The lowest BCUT2D eigenvalue weighted by Gasteiger charge is -2.38. The first kappa shape index (κ1) is 25.3. The number of carbonyl (C=O) groups is 1. The summed E-state index contributed by atoms with van der Waals surface area (Å²) in [5.74, 6) is 0. The van der Waals surface area contributed by atoms with Gasteiger partial charge in [-0.2, -0.15) is 0 Å². The van der Waals surface area contributed by atoms with Crippen molar-refractivity contribution in [3.8, 4) is 0 Å². The Kier molecular flexibility index (Phi) is 8.90. The van der Waals surface area contributed by atoms with Crippen molar-refractivity contribution in [2.24, 2.45) is 0 Å². The van der Waals surface area contributed by atoms with Crippen molar-refractivity contribution in [3.63, 3.8) is 0 Å². The van der Waals surface area contributed by atoms with Crippen LogP contribution in [-0.4, -0.2) is 59.7 Å². The van der Waals surface area contributed by atoms with Crippen LogP contribution in [0.4, 0.5) is 10.5 Å². The van der Waals surface area contributed by atoms with Crippen LogP contribution >= 0.6 is 0 Å². The van der Waals surface area contributed by atoms with Gasteiger partial charge in [-0.1, -0.05) is 49.1 Å². The van der Waals surface area contributed by atoms with Crippen molar-refractivity contribution < 1.29 is 29.2 Å². The third kappa shape index (κ3) is 6.68. The van der Waals surface area contributed by atoms with E-state index in [0.717, 1.165) is 36.1 Å². The first-order valence-corrected chi connectivity index (χ1v) is 12.1. The molecule has 188 valence electrons. The van der Waals surface area contributed by atoms with Crippen molar-refractivity contribution >= 4 is 11.8 Å². The van der Waals surface area contributed by atoms with Crippen LogP contribution in [0.1, 0.15) is 48.3 Å². The Balaban J connectivity index is 1.53. The van der Waals surface area contributed by atoms with E-state index in [1.165, 1.54) is 6.08 Å². The van der Waals surface area contributed by atoms with Gasteiger partial charge in [-0.05, 0) is 42.6 Å². The molecule has 0 aliphatic carbocycles. The second kappa shape index (κ2) is 12.3. The number of hydrogen-bond acceptors (Lipinski definition) is 7. The number of hydrogen-bond donors (Lipinski definition) is 3. The summed E-state index contributed by atoms with van der Waals surface area (Å²) in [5, 5.41) is 21.9. The van der Waals surface area contributed by atoms with Crippen LogP contribution in [0.3, 0.4) is 0 Å². The average Bonchev–Trinajstić information content (AvgIpc) is 3.34. The maximum absolute atomic E-state index is 12.0. The number of nitrogens with one attached hydrogen (secondary N) is 1. The summed E-state index contributed by atoms with van der Waals surface area (Å²) in [6, 6.07) is 15.3. The molecule has 4 unspecified atom stereocenters. The van der Waals surface area contributed by atoms with Crippen LogP contribution in [0.2, 0.25) is 0 Å². The van der Waals surface area contributed by atoms with Gasteiger partial charge in [0.05, 0.1) is 25.4 Å². The molecule has 0 saturated carbocycles. The molecule has 4 rings (SSSR count). The van der Waals surface area contributed by atoms with Crippen LogP contribution in [-0.2, 0) is 20.8 Å². The minimum atomic E-state index is -0.627. The Bertz CT molecular complexity index is 982. The zero-order valence-electron chi connectivity index (χ0n) is 19.8. The molecule has 2 aliphatic rings. The van der Waals surface area contributed by atoms with Crippen molar-refractivity contribution in [2.45, 2.75) is 50.4 Å². The van der Waals surface area contributed by atoms with Crippen molar-refractivity contribution in [1.82, 2.24) is 4.90 Å². The molecule has 2 heterocycles. The maximum atomic E-state index is 12.0. The van der Waals surface area contributed by atoms with Crippen LogP contribution in [0.25, 0.3) is 0 Å². The van der Waals surface area contributed by atoms with Gasteiger partial charge in [-0.3, -0.25) is 10.2 Å². The standard InChI is InChI=1S/C27H34N2O6/c1-2-13-33-27(32)28-22-6-3-5-21(14-22)26-34-24(16-29-12-4-7-23(29)18-31)15-25(35-26)20-10-8-19(17-30)9-11-20/h2-3,5-6,8-11,14,23-26,30-31H,1,4,7,12-13,15-18H2,(H,28,32). The summed E-state index contributed by atoms with van der Waals surface area (Å²) in [6.45, 7) is 5.47. The Morgan fingerprint density at radius 1 is 1.17 bits per heavy atom. The molecule has 0 radical (unpaired) electrons. The number of rotatable bonds is 9. The van der Waals surface area contributed by atoms with Gasteiger partial charge in [0.15, 0.2) is 6.29 Å². The summed E-state index contributed by atoms with van der Waals surface area (Å²) >= 11 is 0. The minimum absolute atomic E-state index is 0.00724. The van der Waals surface area contributed by atoms with Gasteiger partial charge in [0.25, 0.3) is 0 Å². The number of amides is 1. The highest BCUT2D eigenvalue weighted by atomic mass is 16.7. The molecule has 3 N–H and O–H groups in total. The Morgan fingerprint density at radius 2 is 2.00 bits per heavy atom. The predicted octanol–water partition coefficient (Wildman–Crippen LogP) is 3.92. The van der Waals surface area contributed by atoms with E-state index in [1.54, 1.807) is 6.07 Å². The molecular formula is C27H34N2O6. The molecule has 1 amide bonds. The molecule has 8 nitrogen and oxygen atoms in total. The minimum Gasteiger partial charge on any atom is -0.445 e. The van der Waals surface area contributed by atoms with Crippen LogP contribution in [0.5, 0.6) is 0 Å². The molecule has 0 spiro atoms. The van der Waals surface area contributed by atoms with Gasteiger partial charge in [0, 0.05) is 30.3 Å². The molecule has 2 fully saturated rings. The Morgan fingerprint density at radius 3 is 2.74 bits per heavy atom. The average molecular weight is 483 g/mol. The van der Waals surface area contributed by atoms with Gasteiger partial charge in [0.2, 0.25) is 0 Å². The highest BCUT2D eigenvalue weighted by molar-refractivity contribution is 5.84. The Hall–Kier alpha value is -2.75. The quantitative estimate of drug-likeness (QED) is 0.466. The van der Waals surface area contributed by atoms with E-state index in [2.05, 4.69) is 16.8 Å². The number of benzene rings is 2. The molecule has 2 aromatic rings. The number of ether oxygens (including phenoxy) is 3. The lowest BCUT2D eigenvalue weighted by molar-refractivity contribution is -0.253. The zero-order valence-corrected chi connectivity index (χ0v) is 19.8. The number of carbonyl (C=O) groups excluding carboxylic acids is 1. The summed E-state index contributed by atoms with van der Waals surface area (Å²) in [7, 11) is 0. The molecule has 35 heavy (non-hydrogen) atoms. The molecular weight excluding hydrogens is 448 g/mol. The summed E-state index contributed by atoms with van der Waals surface area (Å²) in [5.41, 5.74) is 3.23. The van der Waals surface area contributed by atoms with Gasteiger partial charge in [0.1, 0.15) is 6.61 Å². The molecule has 8 heteroatoms. The topological polar surface area (TPSA) is 100 Å². The fourth-order valence-electron chi connectivity index (χ4n) is 4.69. The van der Waals surface area contributed by atoms with E-state index in [0.29, 0.717) is 18.7 Å². The van der Waals surface area contributed by atoms with Crippen LogP contribution in [0, 0.1) is 0 Å². The van der Waals surface area contributed by atoms with Gasteiger partial charge >= 0.3 is 6.09 Å². The first-order chi connectivity index (χ1) is 17.1. The van der Waals surface area contributed by atoms with Crippen LogP contribution in [0.15, 0.2) is 61.2 Å². The van der Waals surface area contributed by atoms with E-state index < -0.39 is 12.4 Å². The predicted molar refractivity (Wildman–Crippen MR) is 132 cm³/mol. The molecule has 0 bridgehead atoms. The monoisotopic (exact) mass is 482 g/mol. The zero-order chi connectivity index (χ0) is 24.6. The van der Waals surface area contributed by atoms with E-state index in [1.807, 2.05) is 42.5 Å². The lowest BCUT2D eigenvalue weighted by atomic mass is 9.99. The maximum Gasteiger partial charge on any atom is 0.411 e. The molecule has 2 aliphatic heterocycles. The number of aliphatic hydroxyl groups excluding tert-OH is 2. The third-order valence-corrected chi connectivity index (χ3v) is 6.50. The summed E-state index contributed by atoms with van der Waals surface area (Å²) in [4.78, 5) is 14.3. The van der Waals surface area contributed by atoms with Crippen molar-refractivity contribution in [3.05, 3.63) is 77.9 Å². The summed E-state index contributed by atoms with van der Waals surface area (Å²) < 4.78 is 17.8. The lowest BCUT2D eigenvalue weighted by Crippen LogP contribution is -2.42. The smallest absolute Gasteiger partial charge is 0.411 e. The third-order valence-electron chi connectivity index (χ3n) is 6.50. The molecule has 0 aromatic heterocycles. The van der Waals surface area contributed by atoms with E-state index in [4.69, 9.17) is 14.2 Å². The number of anilines is 1. The SMILES string of the molecule is C=CCOC(=O)Nc1cccc(C2OC(CN3CCCC3CO)CC(c3ccc(CO)cc3)O2)c1. The largest absolute Gasteiger partial charge is 0.445 e. The second-order valence-electron chi connectivity index (χ2n) is 8.96. The number of nitrogens with zero attached hydrogens (tertiary/aromatic N) is 1. The van der Waals surface area contributed by atoms with Crippen LogP contribution < -0.4 is 5.32 Å². The normalized spacial score (nSPS) is 24.7.